The summed E-state index contributed by atoms with van der Waals surface area (Å²) in [5.74, 6) is -0.188. The van der Waals surface area contributed by atoms with E-state index in [0.717, 1.165) is 39.4 Å². The van der Waals surface area contributed by atoms with Crippen LogP contribution in [0.4, 0.5) is 4.39 Å². The van der Waals surface area contributed by atoms with Gasteiger partial charge in [-0.05, 0) is 73.3 Å². The molecular formula is C18H21ClFN. The van der Waals surface area contributed by atoms with Gasteiger partial charge in [0, 0.05) is 5.02 Å². The summed E-state index contributed by atoms with van der Waals surface area (Å²) in [7, 11) is 0. The van der Waals surface area contributed by atoms with Gasteiger partial charge in [0.05, 0.1) is 6.04 Å². The molecule has 0 heterocycles. The fourth-order valence-corrected chi connectivity index (χ4v) is 3.07. The first-order valence-corrected chi connectivity index (χ1v) is 7.58. The van der Waals surface area contributed by atoms with Crippen LogP contribution in [0.25, 0.3) is 0 Å². The zero-order valence-electron chi connectivity index (χ0n) is 12.9. The molecule has 0 radical (unpaired) electrons. The molecule has 0 spiro atoms. The van der Waals surface area contributed by atoms with Crippen molar-refractivity contribution in [3.05, 3.63) is 69.0 Å². The van der Waals surface area contributed by atoms with Crippen molar-refractivity contribution in [1.29, 1.82) is 0 Å². The summed E-state index contributed by atoms with van der Waals surface area (Å²) in [6.45, 7) is 8.83. The molecule has 21 heavy (non-hydrogen) atoms. The van der Waals surface area contributed by atoms with E-state index in [1.165, 1.54) is 0 Å². The molecule has 3 heteroatoms. The molecule has 0 saturated heterocycles. The molecule has 0 aliphatic carbocycles. The normalized spacial score (nSPS) is 12.5. The van der Waals surface area contributed by atoms with Crippen LogP contribution in [0.2, 0.25) is 5.02 Å². The lowest BCUT2D eigenvalue weighted by Crippen LogP contribution is -2.24. The summed E-state index contributed by atoms with van der Waals surface area (Å²) in [6.07, 6.45) is 0. The minimum atomic E-state index is -0.188. The average Bonchev–Trinajstić information content (AvgIpc) is 2.40. The van der Waals surface area contributed by atoms with E-state index in [0.29, 0.717) is 0 Å². The Morgan fingerprint density at radius 2 is 1.76 bits per heavy atom. The Morgan fingerprint density at radius 1 is 1.14 bits per heavy atom. The van der Waals surface area contributed by atoms with Crippen molar-refractivity contribution >= 4 is 11.6 Å². The number of rotatable bonds is 4. The molecule has 0 fully saturated rings. The first kappa shape index (κ1) is 16.0. The SMILES string of the molecule is CCNC(c1cccc(Cl)c1C)c1c(C)cc(F)cc1C. The number of halogens is 2. The Bertz CT molecular complexity index is 629. The number of hydrogen-bond donors (Lipinski definition) is 1. The quantitative estimate of drug-likeness (QED) is 0.828. The number of benzene rings is 2. The minimum absolute atomic E-state index is 0.0225. The standard InChI is InChI=1S/C18H21ClFN/c1-5-21-18(15-7-6-8-16(19)13(15)4)17-11(2)9-14(20)10-12(17)3/h6-10,18,21H,5H2,1-4H3. The number of hydrogen-bond acceptors (Lipinski definition) is 1. The van der Waals surface area contributed by atoms with Crippen molar-refractivity contribution in [3.63, 3.8) is 0 Å². The van der Waals surface area contributed by atoms with Crippen molar-refractivity contribution in [2.75, 3.05) is 6.54 Å². The Balaban J connectivity index is 2.62. The van der Waals surface area contributed by atoms with Crippen LogP contribution in [-0.4, -0.2) is 6.54 Å². The lowest BCUT2D eigenvalue weighted by Gasteiger charge is -2.25. The molecule has 2 rings (SSSR count). The van der Waals surface area contributed by atoms with E-state index in [2.05, 4.69) is 18.3 Å². The smallest absolute Gasteiger partial charge is 0.123 e. The third-order valence-electron chi connectivity index (χ3n) is 3.88. The van der Waals surface area contributed by atoms with Crippen molar-refractivity contribution in [1.82, 2.24) is 5.32 Å². The van der Waals surface area contributed by atoms with Gasteiger partial charge in [-0.15, -0.1) is 0 Å². The molecule has 2 aromatic carbocycles. The van der Waals surface area contributed by atoms with Gasteiger partial charge in [0.2, 0.25) is 0 Å². The molecule has 112 valence electrons. The lowest BCUT2D eigenvalue weighted by atomic mass is 9.89. The van der Waals surface area contributed by atoms with E-state index in [-0.39, 0.29) is 11.9 Å². The summed E-state index contributed by atoms with van der Waals surface area (Å²) in [6, 6.07) is 9.14. The number of nitrogens with one attached hydrogen (secondary N) is 1. The number of aryl methyl sites for hydroxylation is 2. The monoisotopic (exact) mass is 305 g/mol. The predicted molar refractivity (Wildman–Crippen MR) is 87.6 cm³/mol. The van der Waals surface area contributed by atoms with Gasteiger partial charge in [-0.2, -0.15) is 0 Å². The first-order valence-electron chi connectivity index (χ1n) is 7.20. The average molecular weight is 306 g/mol. The lowest BCUT2D eigenvalue weighted by molar-refractivity contribution is 0.605. The Kier molecular flexibility index (Phi) is 5.02. The van der Waals surface area contributed by atoms with Gasteiger partial charge in [0.1, 0.15) is 5.82 Å². The third-order valence-corrected chi connectivity index (χ3v) is 4.29. The van der Waals surface area contributed by atoms with E-state index >= 15 is 0 Å². The minimum Gasteiger partial charge on any atom is -0.307 e. The summed E-state index contributed by atoms with van der Waals surface area (Å²) in [5, 5.41) is 4.26. The van der Waals surface area contributed by atoms with Crippen LogP contribution in [0.3, 0.4) is 0 Å². The van der Waals surface area contributed by atoms with Gasteiger partial charge < -0.3 is 5.32 Å². The second-order valence-electron chi connectivity index (χ2n) is 5.40. The predicted octanol–water partition coefficient (Wildman–Crippen LogP) is 5.10. The zero-order valence-corrected chi connectivity index (χ0v) is 13.7. The molecule has 0 aliphatic rings. The van der Waals surface area contributed by atoms with Gasteiger partial charge in [0.15, 0.2) is 0 Å². The highest BCUT2D eigenvalue weighted by atomic mass is 35.5. The van der Waals surface area contributed by atoms with Crippen molar-refractivity contribution < 1.29 is 4.39 Å². The highest BCUT2D eigenvalue weighted by Gasteiger charge is 2.20. The Hall–Kier alpha value is -1.38. The van der Waals surface area contributed by atoms with Crippen LogP contribution in [0, 0.1) is 26.6 Å². The fraction of sp³-hybridized carbons (Fsp3) is 0.333. The maximum Gasteiger partial charge on any atom is 0.123 e. The summed E-state index contributed by atoms with van der Waals surface area (Å²) in [5.41, 5.74) is 5.25. The molecule has 1 unspecified atom stereocenters. The summed E-state index contributed by atoms with van der Waals surface area (Å²) in [4.78, 5) is 0. The van der Waals surface area contributed by atoms with E-state index in [4.69, 9.17) is 11.6 Å². The Morgan fingerprint density at radius 3 is 2.33 bits per heavy atom. The molecule has 1 N–H and O–H groups in total. The molecule has 0 saturated carbocycles. The molecule has 2 aromatic rings. The zero-order chi connectivity index (χ0) is 15.6. The Labute approximate surface area is 131 Å². The van der Waals surface area contributed by atoms with E-state index in [9.17, 15) is 4.39 Å². The second-order valence-corrected chi connectivity index (χ2v) is 5.81. The van der Waals surface area contributed by atoms with Crippen LogP contribution >= 0.6 is 11.6 Å². The van der Waals surface area contributed by atoms with Crippen molar-refractivity contribution in [2.45, 2.75) is 33.7 Å². The van der Waals surface area contributed by atoms with Crippen LogP contribution in [0.5, 0.6) is 0 Å². The van der Waals surface area contributed by atoms with Gasteiger partial charge in [0.25, 0.3) is 0 Å². The van der Waals surface area contributed by atoms with Gasteiger partial charge in [-0.25, -0.2) is 4.39 Å². The van der Waals surface area contributed by atoms with E-state index in [1.54, 1.807) is 12.1 Å². The van der Waals surface area contributed by atoms with Crippen LogP contribution in [0.15, 0.2) is 30.3 Å². The summed E-state index contributed by atoms with van der Waals surface area (Å²) >= 11 is 6.26. The first-order chi connectivity index (χ1) is 9.95. The largest absolute Gasteiger partial charge is 0.307 e. The van der Waals surface area contributed by atoms with Crippen LogP contribution in [0.1, 0.15) is 40.8 Å². The molecular weight excluding hydrogens is 285 g/mol. The third kappa shape index (κ3) is 3.28. The van der Waals surface area contributed by atoms with Gasteiger partial charge in [-0.3, -0.25) is 0 Å². The highest BCUT2D eigenvalue weighted by molar-refractivity contribution is 6.31. The van der Waals surface area contributed by atoms with Crippen molar-refractivity contribution in [3.8, 4) is 0 Å². The second kappa shape index (κ2) is 6.59. The van der Waals surface area contributed by atoms with Crippen LogP contribution < -0.4 is 5.32 Å². The van der Waals surface area contributed by atoms with Crippen LogP contribution in [-0.2, 0) is 0 Å². The maximum atomic E-state index is 13.6. The maximum absolute atomic E-state index is 13.6. The van der Waals surface area contributed by atoms with E-state index < -0.39 is 0 Å². The molecule has 1 nitrogen and oxygen atoms in total. The molecule has 1 atom stereocenters. The molecule has 0 aliphatic heterocycles. The van der Waals surface area contributed by atoms with Crippen molar-refractivity contribution in [2.24, 2.45) is 0 Å². The summed E-state index contributed by atoms with van der Waals surface area (Å²) < 4.78 is 13.6. The highest BCUT2D eigenvalue weighted by Crippen LogP contribution is 2.32. The van der Waals surface area contributed by atoms with E-state index in [1.807, 2.05) is 32.9 Å². The topological polar surface area (TPSA) is 12.0 Å². The van der Waals surface area contributed by atoms with Gasteiger partial charge >= 0.3 is 0 Å². The molecule has 0 amide bonds. The molecule has 0 bridgehead atoms. The van der Waals surface area contributed by atoms with Gasteiger partial charge in [-0.1, -0.05) is 30.7 Å². The molecule has 0 aromatic heterocycles. The fourth-order valence-electron chi connectivity index (χ4n) is 2.89.